The Hall–Kier alpha value is -1.02. The molecule has 1 saturated heterocycles. The van der Waals surface area contributed by atoms with Crippen LogP contribution in [-0.2, 0) is 0 Å². The molecule has 0 amide bonds. The van der Waals surface area contributed by atoms with Crippen molar-refractivity contribution in [1.29, 1.82) is 0 Å². The van der Waals surface area contributed by atoms with E-state index in [-0.39, 0.29) is 0 Å². The fraction of sp³-hybridized carbons (Fsp3) is 0.500. The molecule has 1 aromatic carbocycles. The quantitative estimate of drug-likeness (QED) is 0.735. The van der Waals surface area contributed by atoms with Gasteiger partial charge in [0.05, 0.1) is 0 Å². The third kappa shape index (κ3) is 1.75. The fourth-order valence-electron chi connectivity index (χ4n) is 2.31. The van der Waals surface area contributed by atoms with Gasteiger partial charge in [-0.25, -0.2) is 0 Å². The standard InChI is InChI=1S/C12H17NO/c1-9-7-11(14)3-4-12(9)10-5-6-13(2)8-10/h3-4,7,10,14H,5-6,8H2,1-2H3. The summed E-state index contributed by atoms with van der Waals surface area (Å²) < 4.78 is 0. The molecule has 0 aliphatic carbocycles. The summed E-state index contributed by atoms with van der Waals surface area (Å²) in [5.74, 6) is 1.03. The minimum atomic E-state index is 0.373. The van der Waals surface area contributed by atoms with Crippen LogP contribution in [0.3, 0.4) is 0 Å². The molecule has 2 heteroatoms. The molecule has 2 nitrogen and oxygen atoms in total. The second-order valence-electron chi connectivity index (χ2n) is 4.29. The number of phenols is 1. The van der Waals surface area contributed by atoms with Crippen molar-refractivity contribution in [3.05, 3.63) is 29.3 Å². The van der Waals surface area contributed by atoms with E-state index in [1.807, 2.05) is 6.07 Å². The summed E-state index contributed by atoms with van der Waals surface area (Å²) in [7, 11) is 2.16. The summed E-state index contributed by atoms with van der Waals surface area (Å²) in [6, 6.07) is 5.71. The third-order valence-corrected chi connectivity index (χ3v) is 3.08. The summed E-state index contributed by atoms with van der Waals surface area (Å²) in [4.78, 5) is 2.36. The van der Waals surface area contributed by atoms with Gasteiger partial charge in [-0.05, 0) is 56.1 Å². The van der Waals surface area contributed by atoms with Crippen molar-refractivity contribution in [1.82, 2.24) is 4.90 Å². The lowest BCUT2D eigenvalue weighted by Gasteiger charge is -2.13. The summed E-state index contributed by atoms with van der Waals surface area (Å²) >= 11 is 0. The third-order valence-electron chi connectivity index (χ3n) is 3.08. The maximum absolute atomic E-state index is 9.32. The molecule has 0 aromatic heterocycles. The predicted octanol–water partition coefficient (Wildman–Crippen LogP) is 2.12. The van der Waals surface area contributed by atoms with Crippen molar-refractivity contribution in [2.24, 2.45) is 0 Å². The van der Waals surface area contributed by atoms with E-state index in [0.717, 1.165) is 6.54 Å². The molecule has 0 saturated carbocycles. The molecule has 1 aliphatic heterocycles. The highest BCUT2D eigenvalue weighted by molar-refractivity contribution is 5.36. The van der Waals surface area contributed by atoms with Crippen LogP contribution >= 0.6 is 0 Å². The van der Waals surface area contributed by atoms with Crippen LogP contribution < -0.4 is 0 Å². The van der Waals surface area contributed by atoms with Crippen molar-refractivity contribution in [3.63, 3.8) is 0 Å². The molecule has 0 spiro atoms. The lowest BCUT2D eigenvalue weighted by atomic mass is 9.94. The topological polar surface area (TPSA) is 23.5 Å². The first-order valence-electron chi connectivity index (χ1n) is 5.15. The number of aromatic hydroxyl groups is 1. The van der Waals surface area contributed by atoms with E-state index in [1.54, 1.807) is 6.07 Å². The van der Waals surface area contributed by atoms with Crippen LogP contribution in [0.25, 0.3) is 0 Å². The van der Waals surface area contributed by atoms with Gasteiger partial charge in [-0.1, -0.05) is 6.07 Å². The predicted molar refractivity (Wildman–Crippen MR) is 57.7 cm³/mol. The van der Waals surface area contributed by atoms with Crippen LogP contribution in [-0.4, -0.2) is 30.1 Å². The summed E-state index contributed by atoms with van der Waals surface area (Å²) in [5.41, 5.74) is 2.61. The summed E-state index contributed by atoms with van der Waals surface area (Å²) in [5, 5.41) is 9.32. The molecule has 1 N–H and O–H groups in total. The van der Waals surface area contributed by atoms with Crippen LogP contribution in [0.2, 0.25) is 0 Å². The van der Waals surface area contributed by atoms with E-state index in [2.05, 4.69) is 24.9 Å². The highest BCUT2D eigenvalue weighted by Gasteiger charge is 2.22. The van der Waals surface area contributed by atoms with Gasteiger partial charge < -0.3 is 10.0 Å². The molecule has 0 bridgehead atoms. The van der Waals surface area contributed by atoms with E-state index in [0.29, 0.717) is 11.7 Å². The fourth-order valence-corrected chi connectivity index (χ4v) is 2.31. The Balaban J connectivity index is 2.24. The average molecular weight is 191 g/mol. The lowest BCUT2D eigenvalue weighted by molar-refractivity contribution is 0.411. The van der Waals surface area contributed by atoms with Gasteiger partial charge in [0.15, 0.2) is 0 Å². The maximum atomic E-state index is 9.32. The largest absolute Gasteiger partial charge is 0.508 e. The second kappa shape index (κ2) is 3.62. The van der Waals surface area contributed by atoms with Gasteiger partial charge in [-0.15, -0.1) is 0 Å². The molecule has 1 heterocycles. The minimum Gasteiger partial charge on any atom is -0.508 e. The van der Waals surface area contributed by atoms with Gasteiger partial charge in [0.2, 0.25) is 0 Å². The van der Waals surface area contributed by atoms with Crippen molar-refractivity contribution in [3.8, 4) is 5.75 Å². The van der Waals surface area contributed by atoms with E-state index in [4.69, 9.17) is 0 Å². The van der Waals surface area contributed by atoms with Gasteiger partial charge in [0.25, 0.3) is 0 Å². The lowest BCUT2D eigenvalue weighted by Crippen LogP contribution is -2.13. The summed E-state index contributed by atoms with van der Waals surface area (Å²) in [6.45, 7) is 4.41. The molecule has 2 rings (SSSR count). The Kier molecular flexibility index (Phi) is 2.46. The number of nitrogens with zero attached hydrogens (tertiary/aromatic N) is 1. The first-order valence-corrected chi connectivity index (χ1v) is 5.15. The molecule has 14 heavy (non-hydrogen) atoms. The summed E-state index contributed by atoms with van der Waals surface area (Å²) in [6.07, 6.45) is 1.24. The average Bonchev–Trinajstić information content (AvgIpc) is 2.51. The smallest absolute Gasteiger partial charge is 0.115 e. The van der Waals surface area contributed by atoms with E-state index in [9.17, 15) is 5.11 Å². The van der Waals surface area contributed by atoms with E-state index >= 15 is 0 Å². The van der Waals surface area contributed by atoms with E-state index in [1.165, 1.54) is 24.1 Å². The second-order valence-corrected chi connectivity index (χ2v) is 4.29. The van der Waals surface area contributed by atoms with Gasteiger partial charge >= 0.3 is 0 Å². The van der Waals surface area contributed by atoms with Crippen LogP contribution in [0.1, 0.15) is 23.5 Å². The number of likely N-dealkylation sites (tertiary alicyclic amines) is 1. The Morgan fingerprint density at radius 1 is 1.43 bits per heavy atom. The molecule has 0 radical (unpaired) electrons. The Morgan fingerprint density at radius 2 is 2.21 bits per heavy atom. The van der Waals surface area contributed by atoms with Gasteiger partial charge in [-0.3, -0.25) is 0 Å². The van der Waals surface area contributed by atoms with Gasteiger partial charge in [0, 0.05) is 6.54 Å². The van der Waals surface area contributed by atoms with Crippen molar-refractivity contribution in [2.45, 2.75) is 19.3 Å². The normalized spacial score (nSPS) is 22.9. The number of benzene rings is 1. The highest BCUT2D eigenvalue weighted by Crippen LogP contribution is 2.30. The highest BCUT2D eigenvalue weighted by atomic mass is 16.3. The monoisotopic (exact) mass is 191 g/mol. The number of hydrogen-bond acceptors (Lipinski definition) is 2. The zero-order valence-corrected chi connectivity index (χ0v) is 8.83. The molecule has 1 atom stereocenters. The van der Waals surface area contributed by atoms with E-state index < -0.39 is 0 Å². The van der Waals surface area contributed by atoms with Crippen LogP contribution in [0.4, 0.5) is 0 Å². The van der Waals surface area contributed by atoms with Crippen LogP contribution in [0.15, 0.2) is 18.2 Å². The van der Waals surface area contributed by atoms with Gasteiger partial charge in [-0.2, -0.15) is 0 Å². The molecular formula is C12H17NO. The molecule has 76 valence electrons. The first kappa shape index (κ1) is 9.53. The zero-order valence-electron chi connectivity index (χ0n) is 8.83. The van der Waals surface area contributed by atoms with Gasteiger partial charge in [0.1, 0.15) is 5.75 Å². The van der Waals surface area contributed by atoms with Crippen molar-refractivity contribution >= 4 is 0 Å². The first-order chi connectivity index (χ1) is 6.66. The number of aryl methyl sites for hydroxylation is 1. The maximum Gasteiger partial charge on any atom is 0.115 e. The van der Waals surface area contributed by atoms with Crippen LogP contribution in [0, 0.1) is 6.92 Å². The SMILES string of the molecule is Cc1cc(O)ccc1C1CCN(C)C1. The van der Waals surface area contributed by atoms with Crippen molar-refractivity contribution in [2.75, 3.05) is 20.1 Å². The molecular weight excluding hydrogens is 174 g/mol. The molecule has 1 aromatic rings. The Morgan fingerprint density at radius 3 is 2.79 bits per heavy atom. The Bertz CT molecular complexity index is 335. The zero-order chi connectivity index (χ0) is 10.1. The number of hydrogen-bond donors (Lipinski definition) is 1. The number of likely N-dealkylation sites (N-methyl/N-ethyl adjacent to an activating group) is 1. The molecule has 1 fully saturated rings. The molecule has 1 aliphatic rings. The molecule has 1 unspecified atom stereocenters. The minimum absolute atomic E-state index is 0.373. The van der Waals surface area contributed by atoms with Crippen molar-refractivity contribution < 1.29 is 5.11 Å². The Labute approximate surface area is 85.2 Å². The van der Waals surface area contributed by atoms with Crippen LogP contribution in [0.5, 0.6) is 5.75 Å². The number of phenolic OH excluding ortho intramolecular Hbond substituents is 1. The number of rotatable bonds is 1.